The average molecular weight is 407 g/mol. The molecule has 8 nitrogen and oxygen atoms in total. The molecule has 0 amide bonds. The standard InChI is InChI=1S/C19H23ClN4O4/c1-4-28-19(25)15-13(3)23-18(20)17(24(26)27)16(15)22-10-12(2)21-11-14-8-6-5-7-9-14/h5-9,12,21H,4,10-11H2,1-3H3,(H,22,23). The number of nitrogens with zero attached hydrogens (tertiary/aromatic N) is 2. The summed E-state index contributed by atoms with van der Waals surface area (Å²) in [5.41, 5.74) is 0.991. The van der Waals surface area contributed by atoms with Crippen molar-refractivity contribution in [3.05, 3.63) is 62.4 Å². The number of aromatic nitrogens is 1. The van der Waals surface area contributed by atoms with Crippen molar-refractivity contribution < 1.29 is 14.5 Å². The first-order chi connectivity index (χ1) is 13.3. The maximum Gasteiger partial charge on any atom is 0.342 e. The Morgan fingerprint density at radius 1 is 1.36 bits per heavy atom. The van der Waals surface area contributed by atoms with Crippen LogP contribution in [0.4, 0.5) is 11.4 Å². The van der Waals surface area contributed by atoms with Gasteiger partial charge in [-0.15, -0.1) is 0 Å². The van der Waals surface area contributed by atoms with Gasteiger partial charge in [-0.3, -0.25) is 10.1 Å². The zero-order chi connectivity index (χ0) is 20.7. The van der Waals surface area contributed by atoms with Crippen molar-refractivity contribution in [2.45, 2.75) is 33.4 Å². The van der Waals surface area contributed by atoms with Crippen molar-refractivity contribution in [3.63, 3.8) is 0 Å². The van der Waals surface area contributed by atoms with Gasteiger partial charge in [0.25, 0.3) is 0 Å². The molecule has 0 aliphatic rings. The Morgan fingerprint density at radius 3 is 2.64 bits per heavy atom. The molecule has 150 valence electrons. The van der Waals surface area contributed by atoms with E-state index in [2.05, 4.69) is 15.6 Å². The molecular weight excluding hydrogens is 384 g/mol. The highest BCUT2D eigenvalue weighted by molar-refractivity contribution is 6.32. The lowest BCUT2D eigenvalue weighted by Gasteiger charge is -2.18. The van der Waals surface area contributed by atoms with E-state index in [1.165, 1.54) is 0 Å². The number of hydrogen-bond donors (Lipinski definition) is 2. The van der Waals surface area contributed by atoms with E-state index in [0.717, 1.165) is 5.56 Å². The van der Waals surface area contributed by atoms with E-state index < -0.39 is 16.6 Å². The molecular formula is C19H23ClN4O4. The van der Waals surface area contributed by atoms with Gasteiger partial charge in [0.15, 0.2) is 0 Å². The Labute approximate surface area is 168 Å². The second kappa shape index (κ2) is 10.0. The summed E-state index contributed by atoms with van der Waals surface area (Å²) in [4.78, 5) is 27.1. The lowest BCUT2D eigenvalue weighted by atomic mass is 10.1. The number of nitrogens with one attached hydrogen (secondary N) is 2. The molecule has 2 N–H and O–H groups in total. The number of rotatable bonds is 9. The van der Waals surface area contributed by atoms with Crippen LogP contribution in [0.1, 0.15) is 35.5 Å². The second-order valence-electron chi connectivity index (χ2n) is 6.21. The minimum atomic E-state index is -0.681. The molecule has 0 spiro atoms. The summed E-state index contributed by atoms with van der Waals surface area (Å²) in [7, 11) is 0. The number of aryl methyl sites for hydroxylation is 1. The van der Waals surface area contributed by atoms with E-state index >= 15 is 0 Å². The van der Waals surface area contributed by atoms with Crippen LogP contribution in [-0.4, -0.2) is 35.1 Å². The molecule has 0 radical (unpaired) electrons. The maximum atomic E-state index is 12.3. The molecule has 28 heavy (non-hydrogen) atoms. The number of anilines is 1. The second-order valence-corrected chi connectivity index (χ2v) is 6.57. The van der Waals surface area contributed by atoms with Crippen molar-refractivity contribution in [1.29, 1.82) is 0 Å². The third-order valence-corrected chi connectivity index (χ3v) is 4.32. The summed E-state index contributed by atoms with van der Waals surface area (Å²) in [6.07, 6.45) is 0. The van der Waals surface area contributed by atoms with Crippen LogP contribution in [0, 0.1) is 17.0 Å². The normalized spacial score (nSPS) is 11.7. The predicted molar refractivity (Wildman–Crippen MR) is 108 cm³/mol. The summed E-state index contributed by atoms with van der Waals surface area (Å²) in [5.74, 6) is -0.681. The van der Waals surface area contributed by atoms with Gasteiger partial charge in [0.05, 0.1) is 17.2 Å². The third kappa shape index (κ3) is 5.40. The van der Waals surface area contributed by atoms with Gasteiger partial charge in [-0.1, -0.05) is 41.9 Å². The number of benzene rings is 1. The van der Waals surface area contributed by atoms with Gasteiger partial charge in [-0.25, -0.2) is 9.78 Å². The molecule has 1 unspecified atom stereocenters. The SMILES string of the molecule is CCOC(=O)c1c(C)nc(Cl)c([N+](=O)[O-])c1NCC(C)NCc1ccccc1. The predicted octanol–water partition coefficient (Wildman–Crippen LogP) is 3.72. The summed E-state index contributed by atoms with van der Waals surface area (Å²) in [6.45, 7) is 6.27. The number of carbonyl (C=O) groups excluding carboxylic acids is 1. The van der Waals surface area contributed by atoms with Gasteiger partial charge in [-0.2, -0.15) is 0 Å². The van der Waals surface area contributed by atoms with Crippen LogP contribution in [0.2, 0.25) is 5.15 Å². The van der Waals surface area contributed by atoms with Gasteiger partial charge < -0.3 is 15.4 Å². The average Bonchev–Trinajstić information content (AvgIpc) is 2.64. The highest BCUT2D eigenvalue weighted by Gasteiger charge is 2.30. The van der Waals surface area contributed by atoms with Crippen molar-refractivity contribution in [2.24, 2.45) is 0 Å². The van der Waals surface area contributed by atoms with Gasteiger partial charge >= 0.3 is 11.7 Å². The number of esters is 1. The molecule has 1 aromatic heterocycles. The lowest BCUT2D eigenvalue weighted by molar-refractivity contribution is -0.384. The van der Waals surface area contributed by atoms with E-state index in [-0.39, 0.29) is 34.7 Å². The number of hydrogen-bond acceptors (Lipinski definition) is 7. The van der Waals surface area contributed by atoms with Gasteiger partial charge in [0, 0.05) is 19.1 Å². The van der Waals surface area contributed by atoms with Gasteiger partial charge in [0.2, 0.25) is 5.15 Å². The van der Waals surface area contributed by atoms with Crippen molar-refractivity contribution >= 4 is 28.9 Å². The molecule has 0 aliphatic heterocycles. The van der Waals surface area contributed by atoms with E-state index in [1.807, 2.05) is 37.3 Å². The molecule has 1 heterocycles. The quantitative estimate of drug-likeness (QED) is 0.283. The zero-order valence-electron chi connectivity index (χ0n) is 16.0. The molecule has 9 heteroatoms. The molecule has 0 aliphatic carbocycles. The maximum absolute atomic E-state index is 12.3. The van der Waals surface area contributed by atoms with Crippen LogP contribution in [0.5, 0.6) is 0 Å². The monoisotopic (exact) mass is 406 g/mol. The Hall–Kier alpha value is -2.71. The third-order valence-electron chi connectivity index (χ3n) is 4.05. The van der Waals surface area contributed by atoms with E-state index in [4.69, 9.17) is 16.3 Å². The molecule has 2 aromatic rings. The van der Waals surface area contributed by atoms with Gasteiger partial charge in [-0.05, 0) is 26.3 Å². The van der Waals surface area contributed by atoms with Crippen LogP contribution in [0.15, 0.2) is 30.3 Å². The zero-order valence-corrected chi connectivity index (χ0v) is 16.7. The fraction of sp³-hybridized carbons (Fsp3) is 0.368. The summed E-state index contributed by atoms with van der Waals surface area (Å²) < 4.78 is 5.04. The van der Waals surface area contributed by atoms with Crippen molar-refractivity contribution in [2.75, 3.05) is 18.5 Å². The van der Waals surface area contributed by atoms with Crippen LogP contribution >= 0.6 is 11.6 Å². The Bertz CT molecular complexity index is 846. The van der Waals surface area contributed by atoms with Crippen LogP contribution in [0.25, 0.3) is 0 Å². The fourth-order valence-corrected chi connectivity index (χ4v) is 2.96. The first-order valence-electron chi connectivity index (χ1n) is 8.87. The summed E-state index contributed by atoms with van der Waals surface area (Å²) >= 11 is 5.98. The molecule has 0 saturated carbocycles. The highest BCUT2D eigenvalue weighted by Crippen LogP contribution is 2.36. The topological polar surface area (TPSA) is 106 Å². The lowest BCUT2D eigenvalue weighted by Crippen LogP contribution is -2.33. The number of carbonyl (C=O) groups is 1. The highest BCUT2D eigenvalue weighted by atomic mass is 35.5. The Balaban J connectivity index is 2.22. The largest absolute Gasteiger partial charge is 0.462 e. The summed E-state index contributed by atoms with van der Waals surface area (Å²) in [5, 5.41) is 17.6. The molecule has 0 fully saturated rings. The Kier molecular flexibility index (Phi) is 7.71. The van der Waals surface area contributed by atoms with E-state index in [9.17, 15) is 14.9 Å². The number of halogens is 1. The molecule has 2 rings (SSSR count). The summed E-state index contributed by atoms with van der Waals surface area (Å²) in [6, 6.07) is 9.82. The molecule has 1 aromatic carbocycles. The molecule has 1 atom stereocenters. The van der Waals surface area contributed by atoms with E-state index in [1.54, 1.807) is 13.8 Å². The number of ether oxygens (including phenoxy) is 1. The smallest absolute Gasteiger partial charge is 0.342 e. The molecule has 0 saturated heterocycles. The Morgan fingerprint density at radius 2 is 2.04 bits per heavy atom. The van der Waals surface area contributed by atoms with Crippen molar-refractivity contribution in [3.8, 4) is 0 Å². The fourth-order valence-electron chi connectivity index (χ4n) is 2.67. The van der Waals surface area contributed by atoms with Crippen molar-refractivity contribution in [1.82, 2.24) is 10.3 Å². The first kappa shape index (κ1) is 21.6. The number of nitro groups is 1. The van der Waals surface area contributed by atoms with Crippen LogP contribution in [0.3, 0.4) is 0 Å². The number of pyridine rings is 1. The van der Waals surface area contributed by atoms with E-state index in [0.29, 0.717) is 13.1 Å². The first-order valence-corrected chi connectivity index (χ1v) is 9.25. The minimum Gasteiger partial charge on any atom is -0.462 e. The van der Waals surface area contributed by atoms with Crippen LogP contribution in [-0.2, 0) is 11.3 Å². The minimum absolute atomic E-state index is 0.0215. The molecule has 0 bridgehead atoms. The van der Waals surface area contributed by atoms with Crippen LogP contribution < -0.4 is 10.6 Å². The van der Waals surface area contributed by atoms with Gasteiger partial charge in [0.1, 0.15) is 11.3 Å².